The summed E-state index contributed by atoms with van der Waals surface area (Å²) in [5.41, 5.74) is 0.799. The van der Waals surface area contributed by atoms with Gasteiger partial charge in [-0.15, -0.1) is 0 Å². The van der Waals surface area contributed by atoms with Crippen LogP contribution in [-0.2, 0) is 9.53 Å². The average Bonchev–Trinajstić information content (AvgIpc) is 3.11. The molecular formula is C19H22FN3O3S. The van der Waals surface area contributed by atoms with Gasteiger partial charge in [-0.1, -0.05) is 18.7 Å². The summed E-state index contributed by atoms with van der Waals surface area (Å²) in [5.74, 6) is -0.569. The van der Waals surface area contributed by atoms with Gasteiger partial charge in [0.15, 0.2) is 17.5 Å². The molecule has 144 valence electrons. The largest absolute Gasteiger partial charge is 0.451 e. The van der Waals surface area contributed by atoms with Crippen LogP contribution in [-0.4, -0.2) is 52.3 Å². The number of likely N-dealkylation sites (tertiary alicyclic amines) is 1. The molecule has 1 fully saturated rings. The highest BCUT2D eigenvalue weighted by molar-refractivity contribution is 7.98. The lowest BCUT2D eigenvalue weighted by Gasteiger charge is -2.30. The van der Waals surface area contributed by atoms with E-state index in [2.05, 4.69) is 11.9 Å². The minimum Gasteiger partial charge on any atom is -0.451 e. The monoisotopic (exact) mass is 391 g/mol. The van der Waals surface area contributed by atoms with Gasteiger partial charge in [0.05, 0.1) is 6.20 Å². The number of aromatic nitrogens is 2. The van der Waals surface area contributed by atoms with E-state index in [-0.39, 0.29) is 24.0 Å². The van der Waals surface area contributed by atoms with Gasteiger partial charge in [-0.05, 0) is 49.3 Å². The zero-order chi connectivity index (χ0) is 19.4. The second-order valence-electron chi connectivity index (χ2n) is 6.58. The molecule has 8 heteroatoms. The maximum atomic E-state index is 13.2. The van der Waals surface area contributed by atoms with E-state index in [0.717, 1.165) is 12.8 Å². The number of halogens is 1. The minimum absolute atomic E-state index is 0.187. The summed E-state index contributed by atoms with van der Waals surface area (Å²) in [6.07, 6.45) is 5.17. The first-order valence-corrected chi connectivity index (χ1v) is 10.0. The van der Waals surface area contributed by atoms with Crippen molar-refractivity contribution in [3.63, 3.8) is 0 Å². The summed E-state index contributed by atoms with van der Waals surface area (Å²) in [4.78, 5) is 30.8. The van der Waals surface area contributed by atoms with Crippen LogP contribution in [0.5, 0.6) is 0 Å². The lowest BCUT2D eigenvalue weighted by atomic mass is 9.99. The van der Waals surface area contributed by atoms with Gasteiger partial charge in [0.25, 0.3) is 5.91 Å². The van der Waals surface area contributed by atoms with E-state index >= 15 is 0 Å². The van der Waals surface area contributed by atoms with E-state index in [1.165, 1.54) is 30.1 Å². The Balaban J connectivity index is 1.70. The van der Waals surface area contributed by atoms with Gasteiger partial charge in [-0.2, -0.15) is 0 Å². The third kappa shape index (κ3) is 4.50. The molecule has 0 saturated carbocycles. The molecule has 1 saturated heterocycles. The van der Waals surface area contributed by atoms with Gasteiger partial charge in [-0.25, -0.2) is 14.2 Å². The number of hydrogen-bond acceptors (Lipinski definition) is 5. The van der Waals surface area contributed by atoms with Crippen LogP contribution in [0.1, 0.15) is 30.3 Å². The molecule has 1 amide bonds. The number of imidazole rings is 1. The molecule has 6 nitrogen and oxygen atoms in total. The van der Waals surface area contributed by atoms with Gasteiger partial charge in [0.1, 0.15) is 5.82 Å². The molecule has 0 bridgehead atoms. The predicted molar refractivity (Wildman–Crippen MR) is 101 cm³/mol. The van der Waals surface area contributed by atoms with Crippen LogP contribution < -0.4 is 0 Å². The SMILES string of the molecule is CSc1ncc(C(=O)OCC(=O)N2CCC(C)CC2)n1-c1ccc(F)cc1. The van der Waals surface area contributed by atoms with Crippen LogP contribution in [0, 0.1) is 11.7 Å². The minimum atomic E-state index is -0.633. The van der Waals surface area contributed by atoms with Crippen LogP contribution in [0.15, 0.2) is 35.6 Å². The van der Waals surface area contributed by atoms with Gasteiger partial charge < -0.3 is 9.64 Å². The van der Waals surface area contributed by atoms with Crippen molar-refractivity contribution in [2.24, 2.45) is 5.92 Å². The number of piperidine rings is 1. The number of ether oxygens (including phenoxy) is 1. The number of thioether (sulfide) groups is 1. The zero-order valence-corrected chi connectivity index (χ0v) is 16.2. The fourth-order valence-corrected chi connectivity index (χ4v) is 3.56. The molecule has 2 aromatic rings. The molecule has 1 aliphatic rings. The third-order valence-corrected chi connectivity index (χ3v) is 5.32. The van der Waals surface area contributed by atoms with Crippen molar-refractivity contribution in [1.82, 2.24) is 14.5 Å². The highest BCUT2D eigenvalue weighted by atomic mass is 32.2. The number of amides is 1. The lowest BCUT2D eigenvalue weighted by molar-refractivity contribution is -0.135. The van der Waals surface area contributed by atoms with Crippen LogP contribution in [0.2, 0.25) is 0 Å². The van der Waals surface area contributed by atoms with Gasteiger partial charge in [0, 0.05) is 18.8 Å². The molecular weight excluding hydrogens is 369 g/mol. The maximum Gasteiger partial charge on any atom is 0.357 e. The van der Waals surface area contributed by atoms with E-state index in [1.54, 1.807) is 21.6 Å². The summed E-state index contributed by atoms with van der Waals surface area (Å²) >= 11 is 1.36. The van der Waals surface area contributed by atoms with Crippen LogP contribution >= 0.6 is 11.8 Å². The van der Waals surface area contributed by atoms with Crippen LogP contribution in [0.3, 0.4) is 0 Å². The van der Waals surface area contributed by atoms with E-state index in [0.29, 0.717) is 29.9 Å². The quantitative estimate of drug-likeness (QED) is 0.579. The number of carbonyl (C=O) groups is 2. The fraction of sp³-hybridized carbons (Fsp3) is 0.421. The Hall–Kier alpha value is -2.35. The zero-order valence-electron chi connectivity index (χ0n) is 15.4. The summed E-state index contributed by atoms with van der Waals surface area (Å²) in [6, 6.07) is 5.76. The molecule has 3 rings (SSSR count). The summed E-state index contributed by atoms with van der Waals surface area (Å²) < 4.78 is 20.1. The summed E-state index contributed by atoms with van der Waals surface area (Å²) in [5, 5.41) is 0.574. The predicted octanol–water partition coefficient (Wildman–Crippen LogP) is 3.15. The number of nitrogens with zero attached hydrogens (tertiary/aromatic N) is 3. The Bertz CT molecular complexity index is 814. The molecule has 0 atom stereocenters. The van der Waals surface area contributed by atoms with E-state index in [1.807, 2.05) is 6.26 Å². The number of benzene rings is 1. The summed E-state index contributed by atoms with van der Waals surface area (Å²) in [7, 11) is 0. The van der Waals surface area contributed by atoms with Gasteiger partial charge >= 0.3 is 5.97 Å². The standard InChI is InChI=1S/C19H22FN3O3S/c1-13-7-9-22(10-8-13)17(24)12-26-18(25)16-11-21-19(27-2)23(16)15-5-3-14(20)4-6-15/h3-6,11,13H,7-10,12H2,1-2H3. The molecule has 1 aromatic carbocycles. The van der Waals surface area contributed by atoms with E-state index < -0.39 is 5.97 Å². The van der Waals surface area contributed by atoms with Gasteiger partial charge in [0.2, 0.25) is 0 Å². The first-order chi connectivity index (χ1) is 13.0. The second kappa shape index (κ2) is 8.56. The fourth-order valence-electron chi connectivity index (χ4n) is 3.01. The maximum absolute atomic E-state index is 13.2. The molecule has 0 unspecified atom stereocenters. The Morgan fingerprint density at radius 3 is 2.56 bits per heavy atom. The smallest absolute Gasteiger partial charge is 0.357 e. The first-order valence-electron chi connectivity index (χ1n) is 8.82. The van der Waals surface area contributed by atoms with Crippen molar-refractivity contribution in [1.29, 1.82) is 0 Å². The molecule has 27 heavy (non-hydrogen) atoms. The van der Waals surface area contributed by atoms with Crippen molar-refractivity contribution in [3.05, 3.63) is 42.0 Å². The number of rotatable bonds is 5. The molecule has 1 aliphatic heterocycles. The van der Waals surface area contributed by atoms with E-state index in [4.69, 9.17) is 4.74 Å². The number of hydrogen-bond donors (Lipinski definition) is 0. The molecule has 0 radical (unpaired) electrons. The second-order valence-corrected chi connectivity index (χ2v) is 7.35. The highest BCUT2D eigenvalue weighted by Gasteiger charge is 2.23. The first kappa shape index (κ1) is 19.4. The van der Waals surface area contributed by atoms with Crippen molar-refractivity contribution in [2.75, 3.05) is 26.0 Å². The lowest BCUT2D eigenvalue weighted by Crippen LogP contribution is -2.40. The Morgan fingerprint density at radius 1 is 1.26 bits per heavy atom. The van der Waals surface area contributed by atoms with Crippen molar-refractivity contribution in [2.45, 2.75) is 24.9 Å². The number of carbonyl (C=O) groups excluding carboxylic acids is 2. The van der Waals surface area contributed by atoms with Crippen molar-refractivity contribution >= 4 is 23.6 Å². The molecule has 2 heterocycles. The van der Waals surface area contributed by atoms with Crippen LogP contribution in [0.25, 0.3) is 5.69 Å². The van der Waals surface area contributed by atoms with Crippen molar-refractivity contribution in [3.8, 4) is 5.69 Å². The topological polar surface area (TPSA) is 64.4 Å². The normalized spacial score (nSPS) is 15.0. The van der Waals surface area contributed by atoms with Crippen LogP contribution in [0.4, 0.5) is 4.39 Å². The van der Waals surface area contributed by atoms with Gasteiger partial charge in [-0.3, -0.25) is 9.36 Å². The Morgan fingerprint density at radius 2 is 1.93 bits per heavy atom. The molecule has 1 aromatic heterocycles. The van der Waals surface area contributed by atoms with E-state index in [9.17, 15) is 14.0 Å². The Labute approximate surface area is 161 Å². The average molecular weight is 391 g/mol. The molecule has 0 aliphatic carbocycles. The third-order valence-electron chi connectivity index (χ3n) is 4.67. The molecule has 0 spiro atoms. The molecule has 0 N–H and O–H groups in total. The Kier molecular flexibility index (Phi) is 6.15. The van der Waals surface area contributed by atoms with Crippen molar-refractivity contribution < 1.29 is 18.7 Å². The highest BCUT2D eigenvalue weighted by Crippen LogP contribution is 2.23. The summed E-state index contributed by atoms with van der Waals surface area (Å²) in [6.45, 7) is 3.27. The number of esters is 1.